The molecule has 0 unspecified atom stereocenters. The fourth-order valence-corrected chi connectivity index (χ4v) is 6.80. The van der Waals surface area contributed by atoms with Crippen molar-refractivity contribution in [1.29, 1.82) is 0 Å². The van der Waals surface area contributed by atoms with Gasteiger partial charge < -0.3 is 20.0 Å². The van der Waals surface area contributed by atoms with Crippen LogP contribution in [0, 0.1) is 5.92 Å². The van der Waals surface area contributed by atoms with Crippen LogP contribution in [0.3, 0.4) is 0 Å². The van der Waals surface area contributed by atoms with Gasteiger partial charge in [-0.25, -0.2) is 0 Å². The summed E-state index contributed by atoms with van der Waals surface area (Å²) in [6, 6.07) is 20.1. The van der Waals surface area contributed by atoms with Gasteiger partial charge in [-0.15, -0.1) is 0 Å². The van der Waals surface area contributed by atoms with Crippen LogP contribution >= 0.6 is 0 Å². The minimum atomic E-state index is -0.543. The zero-order valence-electron chi connectivity index (χ0n) is 24.6. The Kier molecular flexibility index (Phi) is 10.3. The number of hydrogen-bond donors (Lipinski definition) is 1. The average Bonchev–Trinajstić information content (AvgIpc) is 3.02. The summed E-state index contributed by atoms with van der Waals surface area (Å²) in [6.07, 6.45) is 9.64. The minimum absolute atomic E-state index is 0.0285. The Morgan fingerprint density at radius 2 is 1.38 bits per heavy atom. The predicted molar refractivity (Wildman–Crippen MR) is 161 cm³/mol. The van der Waals surface area contributed by atoms with Crippen molar-refractivity contribution in [1.82, 2.24) is 20.0 Å². The third-order valence-corrected chi connectivity index (χ3v) is 9.19. The molecule has 2 aromatic rings. The molecule has 42 heavy (non-hydrogen) atoms. The molecular formula is C34H44N4O4. The minimum Gasteiger partial charge on any atom is -0.346 e. The third-order valence-electron chi connectivity index (χ3n) is 9.19. The molecule has 2 heterocycles. The van der Waals surface area contributed by atoms with Crippen molar-refractivity contribution in [2.24, 2.45) is 5.92 Å². The van der Waals surface area contributed by atoms with E-state index in [1.54, 1.807) is 9.80 Å². The molecule has 224 valence electrons. The highest BCUT2D eigenvalue weighted by Crippen LogP contribution is 2.27. The first-order valence-corrected chi connectivity index (χ1v) is 15.8. The van der Waals surface area contributed by atoms with Gasteiger partial charge in [-0.2, -0.15) is 0 Å². The lowest BCUT2D eigenvalue weighted by molar-refractivity contribution is -0.159. The van der Waals surface area contributed by atoms with Crippen LogP contribution in [0.1, 0.15) is 62.5 Å². The van der Waals surface area contributed by atoms with E-state index in [9.17, 15) is 19.2 Å². The van der Waals surface area contributed by atoms with Crippen LogP contribution in [0.2, 0.25) is 0 Å². The number of rotatable bonds is 12. The number of carbonyl (C=O) groups excluding carboxylic acids is 4. The smallest absolute Gasteiger partial charge is 0.312 e. The second kappa shape index (κ2) is 14.5. The summed E-state index contributed by atoms with van der Waals surface area (Å²) >= 11 is 0. The number of carbonyl (C=O) groups is 4. The Balaban J connectivity index is 1.17. The second-order valence-electron chi connectivity index (χ2n) is 12.2. The number of benzene rings is 2. The van der Waals surface area contributed by atoms with Gasteiger partial charge in [0.15, 0.2) is 0 Å². The Hall–Kier alpha value is -3.68. The molecule has 1 saturated carbocycles. The summed E-state index contributed by atoms with van der Waals surface area (Å²) in [5.41, 5.74) is 2.31. The molecule has 8 heteroatoms. The molecule has 2 aliphatic heterocycles. The first-order valence-electron chi connectivity index (χ1n) is 15.8. The first-order chi connectivity index (χ1) is 20.5. The fraction of sp³-hybridized carbons (Fsp3) is 0.529. The zero-order chi connectivity index (χ0) is 29.3. The highest BCUT2D eigenvalue weighted by atomic mass is 16.2. The normalized spacial score (nSPS) is 22.0. The summed E-state index contributed by atoms with van der Waals surface area (Å²) in [7, 11) is 0. The zero-order valence-corrected chi connectivity index (χ0v) is 24.6. The largest absolute Gasteiger partial charge is 0.346 e. The van der Waals surface area contributed by atoms with Crippen LogP contribution in [-0.4, -0.2) is 83.1 Å². The molecule has 3 aliphatic rings. The molecule has 1 aliphatic carbocycles. The van der Waals surface area contributed by atoms with Gasteiger partial charge in [0.1, 0.15) is 0 Å². The third kappa shape index (κ3) is 7.58. The number of hydrogen-bond acceptors (Lipinski definition) is 4. The van der Waals surface area contributed by atoms with E-state index in [0.29, 0.717) is 45.1 Å². The lowest BCUT2D eigenvalue weighted by Crippen LogP contribution is -2.61. The Labute approximate surface area is 249 Å². The van der Waals surface area contributed by atoms with E-state index in [1.807, 2.05) is 53.4 Å². The summed E-state index contributed by atoms with van der Waals surface area (Å²) in [5.74, 6) is -1.29. The summed E-state index contributed by atoms with van der Waals surface area (Å²) in [4.78, 5) is 56.8. The molecule has 8 nitrogen and oxygen atoms in total. The monoisotopic (exact) mass is 572 g/mol. The van der Waals surface area contributed by atoms with E-state index in [2.05, 4.69) is 17.4 Å². The number of piperazine rings is 2. The number of nitrogens with zero attached hydrogens (tertiary/aromatic N) is 3. The van der Waals surface area contributed by atoms with Crippen LogP contribution in [0.15, 0.2) is 60.7 Å². The van der Waals surface area contributed by atoms with E-state index in [0.717, 1.165) is 44.1 Å². The maximum absolute atomic E-state index is 13.4. The fourth-order valence-electron chi connectivity index (χ4n) is 6.80. The van der Waals surface area contributed by atoms with E-state index >= 15 is 0 Å². The molecule has 2 saturated heterocycles. The Bertz CT molecular complexity index is 1210. The van der Waals surface area contributed by atoms with Gasteiger partial charge in [0.2, 0.25) is 0 Å². The van der Waals surface area contributed by atoms with Crippen molar-refractivity contribution in [2.75, 3.05) is 32.7 Å². The van der Waals surface area contributed by atoms with Gasteiger partial charge >= 0.3 is 23.6 Å². The molecule has 0 aromatic heterocycles. The van der Waals surface area contributed by atoms with Gasteiger partial charge in [0.25, 0.3) is 0 Å². The van der Waals surface area contributed by atoms with Gasteiger partial charge in [-0.1, -0.05) is 79.9 Å². The molecule has 2 atom stereocenters. The van der Waals surface area contributed by atoms with E-state index in [1.165, 1.54) is 24.8 Å². The Morgan fingerprint density at radius 1 is 0.690 bits per heavy atom. The number of unbranched alkanes of at least 4 members (excludes halogenated alkanes) is 1. The van der Waals surface area contributed by atoms with Crippen LogP contribution in [-0.2, 0) is 32.0 Å². The van der Waals surface area contributed by atoms with Crippen molar-refractivity contribution in [3.8, 4) is 0 Å². The average molecular weight is 573 g/mol. The lowest BCUT2D eigenvalue weighted by atomic mass is 9.88. The molecule has 3 fully saturated rings. The molecular weight excluding hydrogens is 528 g/mol. The number of amides is 4. The quantitative estimate of drug-likeness (QED) is 0.311. The summed E-state index contributed by atoms with van der Waals surface area (Å²) in [5, 5.41) is 2.74. The predicted octanol–water partition coefficient (Wildman–Crippen LogP) is 3.59. The van der Waals surface area contributed by atoms with E-state index < -0.39 is 11.8 Å². The van der Waals surface area contributed by atoms with Crippen molar-refractivity contribution in [3.05, 3.63) is 71.8 Å². The van der Waals surface area contributed by atoms with Gasteiger partial charge in [0, 0.05) is 38.8 Å². The molecule has 0 spiro atoms. The lowest BCUT2D eigenvalue weighted by Gasteiger charge is -2.42. The molecule has 2 aromatic carbocycles. The standard InChI is InChI=1S/C34H44N4O4/c39-31-32(40)37(21-19-26-12-4-1-5-13-26)29(23-35-31)18-10-11-20-36-25-30(22-27-14-6-2-7-15-27)38(34(42)33(36)41)24-28-16-8-3-9-17-28/h1-2,4-7,12-15,28-30H,3,8-11,16-25H2,(H,35,39)/t29-,30-/m0/s1. The molecule has 5 rings (SSSR count). The van der Waals surface area contributed by atoms with Crippen molar-refractivity contribution in [2.45, 2.75) is 76.3 Å². The molecule has 0 bridgehead atoms. The number of nitrogens with one attached hydrogen (secondary N) is 1. The van der Waals surface area contributed by atoms with Gasteiger partial charge in [0.05, 0.1) is 6.04 Å². The SMILES string of the molecule is O=C1NC[C@H](CCCCN2C[C@H](Cc3ccccc3)N(CC3CCCCC3)C(=O)C2=O)N(CCc2ccccc2)C1=O. The molecule has 4 amide bonds. The summed E-state index contributed by atoms with van der Waals surface area (Å²) in [6.45, 7) is 2.68. The maximum atomic E-state index is 13.4. The van der Waals surface area contributed by atoms with Crippen LogP contribution in [0.4, 0.5) is 0 Å². The summed E-state index contributed by atoms with van der Waals surface area (Å²) < 4.78 is 0. The van der Waals surface area contributed by atoms with Crippen LogP contribution in [0.5, 0.6) is 0 Å². The maximum Gasteiger partial charge on any atom is 0.312 e. The van der Waals surface area contributed by atoms with Gasteiger partial charge in [-0.3, -0.25) is 19.2 Å². The second-order valence-corrected chi connectivity index (χ2v) is 12.2. The highest BCUT2D eigenvalue weighted by Gasteiger charge is 2.40. The Morgan fingerprint density at radius 3 is 2.10 bits per heavy atom. The van der Waals surface area contributed by atoms with E-state index in [-0.39, 0.29) is 23.9 Å². The van der Waals surface area contributed by atoms with Crippen molar-refractivity contribution >= 4 is 23.6 Å². The van der Waals surface area contributed by atoms with Gasteiger partial charge in [-0.05, 0) is 62.0 Å². The van der Waals surface area contributed by atoms with Crippen LogP contribution in [0.25, 0.3) is 0 Å². The topological polar surface area (TPSA) is 90.0 Å². The van der Waals surface area contributed by atoms with Crippen LogP contribution < -0.4 is 5.32 Å². The first kappa shape index (κ1) is 29.8. The van der Waals surface area contributed by atoms with Crippen molar-refractivity contribution in [3.63, 3.8) is 0 Å². The highest BCUT2D eigenvalue weighted by molar-refractivity contribution is 6.36. The van der Waals surface area contributed by atoms with Crippen molar-refractivity contribution < 1.29 is 19.2 Å². The van der Waals surface area contributed by atoms with E-state index in [4.69, 9.17) is 0 Å². The molecule has 0 radical (unpaired) electrons. The molecule has 1 N–H and O–H groups in total.